The molecule has 0 aliphatic carbocycles. The minimum absolute atomic E-state index is 0.376. The Kier molecular flexibility index (Phi) is 4.62. The smallest absolute Gasteiger partial charge is 0.163 e. The van der Waals surface area contributed by atoms with Crippen LogP contribution in [0.1, 0.15) is 0 Å². The van der Waals surface area contributed by atoms with Crippen LogP contribution < -0.4 is 5.32 Å². The van der Waals surface area contributed by atoms with Crippen molar-refractivity contribution in [3.05, 3.63) is 69.2 Å². The van der Waals surface area contributed by atoms with Crippen molar-refractivity contribution >= 4 is 50.6 Å². The number of nitrogens with one attached hydrogen (secondary N) is 1. The highest BCUT2D eigenvalue weighted by Gasteiger charge is 2.07. The first-order valence-corrected chi connectivity index (χ1v) is 7.99. The zero-order valence-corrected chi connectivity index (χ0v) is 14.3. The third-order valence-electron chi connectivity index (χ3n) is 2.92. The lowest BCUT2D eigenvalue weighted by atomic mass is 10.2. The van der Waals surface area contributed by atoms with Gasteiger partial charge in [-0.05, 0) is 34.1 Å². The van der Waals surface area contributed by atoms with Gasteiger partial charge in [-0.15, -0.1) is 0 Å². The van der Waals surface area contributed by atoms with Gasteiger partial charge in [-0.25, -0.2) is 9.97 Å². The molecule has 0 unspecified atom stereocenters. The van der Waals surface area contributed by atoms with Crippen LogP contribution in [-0.4, -0.2) is 9.97 Å². The van der Waals surface area contributed by atoms with Crippen molar-refractivity contribution in [1.29, 1.82) is 0 Å². The van der Waals surface area contributed by atoms with Crippen molar-refractivity contribution in [3.63, 3.8) is 0 Å². The lowest BCUT2D eigenvalue weighted by Gasteiger charge is -2.10. The van der Waals surface area contributed by atoms with Gasteiger partial charge in [0.05, 0.1) is 5.69 Å². The molecule has 3 rings (SSSR count). The molecular weight excluding hydrogens is 385 g/mol. The van der Waals surface area contributed by atoms with Crippen LogP contribution in [0.25, 0.3) is 11.4 Å². The topological polar surface area (TPSA) is 37.8 Å². The molecule has 0 radical (unpaired) electrons. The predicted octanol–water partition coefficient (Wildman–Crippen LogP) is 5.96. The van der Waals surface area contributed by atoms with Gasteiger partial charge in [0.1, 0.15) is 11.0 Å². The van der Waals surface area contributed by atoms with Crippen LogP contribution >= 0.6 is 39.1 Å². The molecule has 1 aromatic heterocycles. The Balaban J connectivity index is 1.96. The van der Waals surface area contributed by atoms with Crippen molar-refractivity contribution in [1.82, 2.24) is 9.97 Å². The molecule has 110 valence electrons. The fourth-order valence-corrected chi connectivity index (χ4v) is 2.89. The van der Waals surface area contributed by atoms with E-state index in [0.717, 1.165) is 15.7 Å². The molecule has 0 amide bonds. The molecule has 3 nitrogen and oxygen atoms in total. The summed E-state index contributed by atoms with van der Waals surface area (Å²) < 4.78 is 0.844. The molecule has 6 heteroatoms. The Bertz CT molecular complexity index is 810. The quantitative estimate of drug-likeness (QED) is 0.557. The third kappa shape index (κ3) is 3.58. The highest BCUT2D eigenvalue weighted by Crippen LogP contribution is 2.29. The van der Waals surface area contributed by atoms with Crippen LogP contribution in [0.4, 0.5) is 11.5 Å². The fourth-order valence-electron chi connectivity index (χ4n) is 1.93. The Morgan fingerprint density at radius 1 is 0.909 bits per heavy atom. The number of hydrogen-bond acceptors (Lipinski definition) is 3. The lowest BCUT2D eigenvalue weighted by Crippen LogP contribution is -1.98. The number of rotatable bonds is 3. The van der Waals surface area contributed by atoms with E-state index in [9.17, 15) is 0 Å². The normalized spacial score (nSPS) is 10.5. The summed E-state index contributed by atoms with van der Waals surface area (Å²) in [5.74, 6) is 1.18. The molecule has 0 saturated heterocycles. The first-order valence-electron chi connectivity index (χ1n) is 6.44. The van der Waals surface area contributed by atoms with Gasteiger partial charge in [-0.1, -0.05) is 53.5 Å². The van der Waals surface area contributed by atoms with Crippen molar-refractivity contribution in [2.45, 2.75) is 0 Å². The van der Waals surface area contributed by atoms with Gasteiger partial charge in [0.2, 0.25) is 0 Å². The third-order valence-corrected chi connectivity index (χ3v) is 4.01. The minimum atomic E-state index is 0.376. The van der Waals surface area contributed by atoms with Crippen LogP contribution in [0.5, 0.6) is 0 Å². The summed E-state index contributed by atoms with van der Waals surface area (Å²) in [5, 5.41) is 4.24. The maximum absolute atomic E-state index is 6.11. The molecule has 1 N–H and O–H groups in total. The van der Waals surface area contributed by atoms with E-state index < -0.39 is 0 Å². The molecule has 0 bridgehead atoms. The van der Waals surface area contributed by atoms with Crippen LogP contribution in [0.2, 0.25) is 10.2 Å². The minimum Gasteiger partial charge on any atom is -0.339 e. The SMILES string of the molecule is Clc1ccc(Nc2cc(Cl)nc(-c3ccccc3)n2)c(Br)c1. The number of halogens is 3. The van der Waals surface area contributed by atoms with Gasteiger partial charge in [0.25, 0.3) is 0 Å². The first kappa shape index (κ1) is 15.3. The summed E-state index contributed by atoms with van der Waals surface area (Å²) in [5.41, 5.74) is 1.75. The van der Waals surface area contributed by atoms with E-state index >= 15 is 0 Å². The van der Waals surface area contributed by atoms with Gasteiger partial charge >= 0.3 is 0 Å². The number of nitrogens with zero attached hydrogens (tertiary/aromatic N) is 2. The van der Waals surface area contributed by atoms with E-state index in [1.807, 2.05) is 42.5 Å². The second-order valence-corrected chi connectivity index (χ2v) is 6.19. The predicted molar refractivity (Wildman–Crippen MR) is 94.9 cm³/mol. The standard InChI is InChI=1S/C16H10BrCl2N3/c17-12-8-11(18)6-7-13(12)20-15-9-14(19)21-16(22-15)10-4-2-1-3-5-10/h1-9H,(H,20,21,22). The summed E-state index contributed by atoms with van der Waals surface area (Å²) >= 11 is 15.5. The lowest BCUT2D eigenvalue weighted by molar-refractivity contribution is 1.17. The van der Waals surface area contributed by atoms with Gasteiger partial charge < -0.3 is 5.32 Å². The Labute approximate surface area is 146 Å². The molecule has 0 aliphatic rings. The zero-order chi connectivity index (χ0) is 15.5. The summed E-state index contributed by atoms with van der Waals surface area (Å²) in [7, 11) is 0. The summed E-state index contributed by atoms with van der Waals surface area (Å²) in [6.07, 6.45) is 0. The molecule has 1 heterocycles. The molecular formula is C16H10BrCl2N3. The van der Waals surface area contributed by atoms with Crippen molar-refractivity contribution in [3.8, 4) is 11.4 Å². The van der Waals surface area contributed by atoms with E-state index in [1.54, 1.807) is 12.1 Å². The molecule has 0 fully saturated rings. The van der Waals surface area contributed by atoms with Gasteiger partial charge in [0, 0.05) is 21.1 Å². The number of anilines is 2. The maximum atomic E-state index is 6.11. The maximum Gasteiger partial charge on any atom is 0.163 e. The van der Waals surface area contributed by atoms with Gasteiger partial charge in [0.15, 0.2) is 5.82 Å². The van der Waals surface area contributed by atoms with E-state index in [2.05, 4.69) is 31.2 Å². The number of aromatic nitrogens is 2. The average molecular weight is 395 g/mol. The Hall–Kier alpha value is -1.62. The van der Waals surface area contributed by atoms with Crippen LogP contribution in [-0.2, 0) is 0 Å². The molecule has 22 heavy (non-hydrogen) atoms. The van der Waals surface area contributed by atoms with E-state index in [4.69, 9.17) is 23.2 Å². The zero-order valence-electron chi connectivity index (χ0n) is 11.2. The summed E-state index contributed by atoms with van der Waals surface area (Å²) in [6, 6.07) is 16.8. The van der Waals surface area contributed by atoms with Crippen LogP contribution in [0.15, 0.2) is 59.1 Å². The van der Waals surface area contributed by atoms with Crippen LogP contribution in [0.3, 0.4) is 0 Å². The molecule has 3 aromatic rings. The molecule has 0 aliphatic heterocycles. The monoisotopic (exact) mass is 393 g/mol. The van der Waals surface area contributed by atoms with E-state index in [-0.39, 0.29) is 0 Å². The van der Waals surface area contributed by atoms with Crippen LogP contribution in [0, 0.1) is 0 Å². The highest BCUT2D eigenvalue weighted by atomic mass is 79.9. The second kappa shape index (κ2) is 6.65. The largest absolute Gasteiger partial charge is 0.339 e. The Morgan fingerprint density at radius 3 is 2.41 bits per heavy atom. The molecule has 0 saturated carbocycles. The fraction of sp³-hybridized carbons (Fsp3) is 0. The van der Waals surface area contributed by atoms with Crippen molar-refractivity contribution < 1.29 is 0 Å². The number of benzene rings is 2. The van der Waals surface area contributed by atoms with Gasteiger partial charge in [-0.2, -0.15) is 0 Å². The molecule has 2 aromatic carbocycles. The van der Waals surface area contributed by atoms with Crippen molar-refractivity contribution in [2.24, 2.45) is 0 Å². The van der Waals surface area contributed by atoms with Crippen molar-refractivity contribution in [2.75, 3.05) is 5.32 Å². The summed E-state index contributed by atoms with van der Waals surface area (Å²) in [6.45, 7) is 0. The van der Waals surface area contributed by atoms with E-state index in [0.29, 0.717) is 21.8 Å². The Morgan fingerprint density at radius 2 is 1.68 bits per heavy atom. The molecule has 0 atom stereocenters. The average Bonchev–Trinajstić information content (AvgIpc) is 2.50. The second-order valence-electron chi connectivity index (χ2n) is 4.51. The van der Waals surface area contributed by atoms with Gasteiger partial charge in [-0.3, -0.25) is 0 Å². The number of hydrogen-bond donors (Lipinski definition) is 1. The van der Waals surface area contributed by atoms with E-state index in [1.165, 1.54) is 0 Å². The molecule has 0 spiro atoms. The first-order chi connectivity index (χ1) is 10.6. The summed E-state index contributed by atoms with van der Waals surface area (Å²) in [4.78, 5) is 8.77. The highest BCUT2D eigenvalue weighted by molar-refractivity contribution is 9.10.